The molecular weight excluding hydrogens is 324 g/mol. The van der Waals surface area contributed by atoms with Crippen molar-refractivity contribution in [3.8, 4) is 17.4 Å². The lowest BCUT2D eigenvalue weighted by atomic mass is 10.1. The van der Waals surface area contributed by atoms with Crippen molar-refractivity contribution in [2.75, 3.05) is 0 Å². The molecule has 0 spiro atoms. The number of hydrogen-bond acceptors (Lipinski definition) is 4. The van der Waals surface area contributed by atoms with Crippen LogP contribution >= 0.6 is 15.9 Å². The lowest BCUT2D eigenvalue weighted by Gasteiger charge is -2.07. The molecule has 0 unspecified atom stereocenters. The number of fused-ring (bicyclic) bond motifs is 1. The molecule has 0 atom stereocenters. The van der Waals surface area contributed by atoms with Crippen LogP contribution in [-0.2, 0) is 0 Å². The molecule has 3 aromatic rings. The van der Waals surface area contributed by atoms with Gasteiger partial charge in [0.25, 0.3) is 5.56 Å². The van der Waals surface area contributed by atoms with Gasteiger partial charge in [-0.3, -0.25) is 4.79 Å². The normalized spacial score (nSPS) is 10.7. The largest absolute Gasteiger partial charge is 0.508 e. The van der Waals surface area contributed by atoms with Gasteiger partial charge in [0.05, 0.1) is 6.33 Å². The Hall–Kier alpha value is -2.34. The van der Waals surface area contributed by atoms with E-state index in [1.165, 1.54) is 6.33 Å². The molecule has 1 aromatic heterocycles. The Morgan fingerprint density at radius 3 is 2.80 bits per heavy atom. The highest BCUT2D eigenvalue weighted by Crippen LogP contribution is 2.28. The molecule has 0 saturated heterocycles. The summed E-state index contributed by atoms with van der Waals surface area (Å²) in [4.78, 5) is 17.8. The van der Waals surface area contributed by atoms with E-state index < -0.39 is 0 Å². The molecule has 0 radical (unpaired) electrons. The van der Waals surface area contributed by atoms with Crippen molar-refractivity contribution in [2.24, 2.45) is 0 Å². The Balaban J connectivity index is 2.02. The van der Waals surface area contributed by atoms with Crippen molar-refractivity contribution in [1.29, 1.82) is 0 Å². The van der Waals surface area contributed by atoms with Crippen molar-refractivity contribution in [3.63, 3.8) is 0 Å². The number of phenolic OH excluding ortho intramolecular Hbond substituents is 1. The van der Waals surface area contributed by atoms with E-state index in [0.717, 1.165) is 10.8 Å². The van der Waals surface area contributed by atoms with E-state index in [1.807, 2.05) is 12.1 Å². The van der Waals surface area contributed by atoms with Crippen molar-refractivity contribution < 1.29 is 9.84 Å². The Morgan fingerprint density at radius 2 is 1.95 bits per heavy atom. The van der Waals surface area contributed by atoms with E-state index in [9.17, 15) is 9.90 Å². The van der Waals surface area contributed by atoms with Gasteiger partial charge in [0, 0.05) is 0 Å². The first-order valence-electron chi connectivity index (χ1n) is 5.77. The molecule has 0 aliphatic rings. The van der Waals surface area contributed by atoms with E-state index in [1.54, 1.807) is 24.3 Å². The molecule has 0 fully saturated rings. The maximum absolute atomic E-state index is 11.4. The third-order valence-corrected chi connectivity index (χ3v) is 3.47. The molecule has 20 heavy (non-hydrogen) atoms. The van der Waals surface area contributed by atoms with E-state index in [4.69, 9.17) is 4.74 Å². The molecular formula is C14H9BrN2O3. The summed E-state index contributed by atoms with van der Waals surface area (Å²) in [6.07, 6.45) is 1.27. The average molecular weight is 333 g/mol. The predicted molar refractivity (Wildman–Crippen MR) is 78.2 cm³/mol. The summed E-state index contributed by atoms with van der Waals surface area (Å²) in [6.45, 7) is 0. The number of aromatic amines is 1. The van der Waals surface area contributed by atoms with Gasteiger partial charge < -0.3 is 14.8 Å². The average Bonchev–Trinajstić information content (AvgIpc) is 2.43. The summed E-state index contributed by atoms with van der Waals surface area (Å²) in [6, 6.07) is 10.5. The Kier molecular flexibility index (Phi) is 3.15. The predicted octanol–water partition coefficient (Wildman–Crippen LogP) is 3.18. The first kappa shape index (κ1) is 12.7. The summed E-state index contributed by atoms with van der Waals surface area (Å²) in [7, 11) is 0. The fourth-order valence-electron chi connectivity index (χ4n) is 1.83. The molecule has 0 saturated carbocycles. The van der Waals surface area contributed by atoms with Crippen LogP contribution in [0, 0.1) is 0 Å². The fourth-order valence-corrected chi connectivity index (χ4v) is 2.12. The number of aromatic nitrogens is 2. The number of nitrogens with one attached hydrogen (secondary N) is 1. The topological polar surface area (TPSA) is 75.2 Å². The molecule has 0 aliphatic carbocycles. The monoisotopic (exact) mass is 332 g/mol. The van der Waals surface area contributed by atoms with Gasteiger partial charge in [0.1, 0.15) is 16.0 Å². The summed E-state index contributed by atoms with van der Waals surface area (Å²) >= 11 is 3.13. The minimum atomic E-state index is -0.312. The maximum Gasteiger partial charge on any atom is 0.268 e. The van der Waals surface area contributed by atoms with Crippen LogP contribution < -0.4 is 10.3 Å². The van der Waals surface area contributed by atoms with Crippen LogP contribution in [0.5, 0.6) is 17.4 Å². The van der Waals surface area contributed by atoms with Crippen LogP contribution in [0.4, 0.5) is 0 Å². The van der Waals surface area contributed by atoms with Crippen LogP contribution in [0.1, 0.15) is 0 Å². The van der Waals surface area contributed by atoms with Crippen molar-refractivity contribution in [1.82, 2.24) is 9.97 Å². The molecule has 0 aliphatic heterocycles. The number of nitrogens with zero attached hydrogens (tertiary/aromatic N) is 1. The number of rotatable bonds is 2. The first-order chi connectivity index (χ1) is 9.63. The summed E-state index contributed by atoms with van der Waals surface area (Å²) < 4.78 is 5.81. The van der Waals surface area contributed by atoms with Gasteiger partial charge in [-0.1, -0.05) is 12.1 Å². The van der Waals surface area contributed by atoms with Gasteiger partial charge in [-0.05, 0) is 51.0 Å². The third kappa shape index (κ3) is 2.37. The molecule has 100 valence electrons. The van der Waals surface area contributed by atoms with Crippen LogP contribution in [0.25, 0.3) is 10.8 Å². The molecule has 1 heterocycles. The minimum absolute atomic E-state index is 0.185. The standard InChI is InChI=1S/C14H9BrN2O3/c15-12-13(19)16-7-17-14(12)20-11-4-2-8-1-3-10(18)5-9(8)6-11/h1-7,18H,(H,16,17,19). The number of H-pyrrole nitrogens is 1. The highest BCUT2D eigenvalue weighted by molar-refractivity contribution is 9.10. The highest BCUT2D eigenvalue weighted by atomic mass is 79.9. The van der Waals surface area contributed by atoms with Crippen molar-refractivity contribution >= 4 is 26.7 Å². The van der Waals surface area contributed by atoms with Crippen LogP contribution in [0.15, 0.2) is 52.0 Å². The molecule has 3 rings (SSSR count). The van der Waals surface area contributed by atoms with Gasteiger partial charge in [-0.25, -0.2) is 4.98 Å². The number of hydrogen-bond donors (Lipinski definition) is 2. The molecule has 6 heteroatoms. The van der Waals surface area contributed by atoms with Gasteiger partial charge >= 0.3 is 0 Å². The van der Waals surface area contributed by atoms with Gasteiger partial charge in [0.2, 0.25) is 5.88 Å². The van der Waals surface area contributed by atoms with Crippen molar-refractivity contribution in [3.05, 3.63) is 57.6 Å². The number of halogens is 1. The Bertz CT molecular complexity index is 845. The molecule has 0 bridgehead atoms. The fraction of sp³-hybridized carbons (Fsp3) is 0. The second-order valence-corrected chi connectivity index (χ2v) is 4.94. The SMILES string of the molecule is O=c1[nH]cnc(Oc2ccc3ccc(O)cc3c2)c1Br. The third-order valence-electron chi connectivity index (χ3n) is 2.77. The van der Waals surface area contributed by atoms with E-state index >= 15 is 0 Å². The van der Waals surface area contributed by atoms with Crippen LogP contribution in [0.3, 0.4) is 0 Å². The number of phenols is 1. The zero-order valence-corrected chi connectivity index (χ0v) is 11.7. The second-order valence-electron chi connectivity index (χ2n) is 4.15. The lowest BCUT2D eigenvalue weighted by molar-refractivity contribution is 0.457. The quantitative estimate of drug-likeness (QED) is 0.755. The molecule has 2 N–H and O–H groups in total. The summed E-state index contributed by atoms with van der Waals surface area (Å²) in [5.74, 6) is 0.903. The first-order valence-corrected chi connectivity index (χ1v) is 6.56. The molecule has 0 amide bonds. The zero-order valence-electron chi connectivity index (χ0n) is 10.1. The maximum atomic E-state index is 11.4. The van der Waals surface area contributed by atoms with E-state index in [-0.39, 0.29) is 21.7 Å². The summed E-state index contributed by atoms with van der Waals surface area (Å²) in [5, 5.41) is 11.3. The smallest absolute Gasteiger partial charge is 0.268 e. The number of aromatic hydroxyl groups is 1. The molecule has 2 aromatic carbocycles. The zero-order chi connectivity index (χ0) is 14.1. The Labute approximate surface area is 122 Å². The molecule has 5 nitrogen and oxygen atoms in total. The lowest BCUT2D eigenvalue weighted by Crippen LogP contribution is -2.08. The highest BCUT2D eigenvalue weighted by Gasteiger charge is 2.08. The Morgan fingerprint density at radius 1 is 1.15 bits per heavy atom. The summed E-state index contributed by atoms with van der Waals surface area (Å²) in [5.41, 5.74) is -0.312. The van der Waals surface area contributed by atoms with Gasteiger partial charge in [0.15, 0.2) is 0 Å². The number of ether oxygens (including phenoxy) is 1. The second kappa shape index (κ2) is 4.97. The van der Waals surface area contributed by atoms with Gasteiger partial charge in [-0.15, -0.1) is 0 Å². The van der Waals surface area contributed by atoms with Crippen LogP contribution in [0.2, 0.25) is 0 Å². The number of benzene rings is 2. The van der Waals surface area contributed by atoms with Crippen LogP contribution in [-0.4, -0.2) is 15.1 Å². The van der Waals surface area contributed by atoms with E-state index in [0.29, 0.717) is 5.75 Å². The van der Waals surface area contributed by atoms with Crippen molar-refractivity contribution in [2.45, 2.75) is 0 Å². The van der Waals surface area contributed by atoms with E-state index in [2.05, 4.69) is 25.9 Å². The minimum Gasteiger partial charge on any atom is -0.508 e. The van der Waals surface area contributed by atoms with Gasteiger partial charge in [-0.2, -0.15) is 0 Å².